The van der Waals surface area contributed by atoms with E-state index in [1.165, 1.54) is 7.11 Å². The normalized spacial score (nSPS) is 12.2. The van der Waals surface area contributed by atoms with E-state index in [1.807, 2.05) is 0 Å². The van der Waals surface area contributed by atoms with E-state index in [-0.39, 0.29) is 11.0 Å². The molecule has 1 amide bonds. The molecule has 0 radical (unpaired) electrons. The molecule has 2 aromatic rings. The number of carbonyl (C=O) groups excluding carboxylic acids is 1. The van der Waals surface area contributed by atoms with E-state index in [2.05, 4.69) is 10.6 Å². The van der Waals surface area contributed by atoms with E-state index in [1.54, 1.807) is 36.4 Å². The summed E-state index contributed by atoms with van der Waals surface area (Å²) in [6.07, 6.45) is 0. The Bertz CT molecular complexity index is 828. The summed E-state index contributed by atoms with van der Waals surface area (Å²) in [5.41, 5.74) is 0.967. The quantitative estimate of drug-likeness (QED) is 0.799. The Kier molecular flexibility index (Phi) is 5.25. The van der Waals surface area contributed by atoms with Gasteiger partial charge in [-0.05, 0) is 48.6 Å². The highest BCUT2D eigenvalue weighted by Crippen LogP contribution is 2.31. The number of benzene rings is 2. The molecule has 25 heavy (non-hydrogen) atoms. The van der Waals surface area contributed by atoms with Gasteiger partial charge in [0, 0.05) is 10.6 Å². The Morgan fingerprint density at radius 1 is 1.16 bits per heavy atom. The molecule has 0 aromatic heterocycles. The summed E-state index contributed by atoms with van der Waals surface area (Å²) < 4.78 is 16.1. The molecule has 2 aromatic carbocycles. The van der Waals surface area contributed by atoms with Crippen molar-refractivity contribution in [2.75, 3.05) is 25.6 Å². The number of fused-ring (bicyclic) bond motifs is 1. The molecule has 0 unspecified atom stereocenters. The number of ether oxygens (including phenoxy) is 3. The predicted molar refractivity (Wildman–Crippen MR) is 99.1 cm³/mol. The summed E-state index contributed by atoms with van der Waals surface area (Å²) >= 11 is 11.2. The van der Waals surface area contributed by atoms with Crippen molar-refractivity contribution in [1.29, 1.82) is 0 Å². The second kappa shape index (κ2) is 7.58. The molecule has 6 nitrogen and oxygen atoms in total. The maximum absolute atomic E-state index is 12.4. The maximum atomic E-state index is 12.4. The fourth-order valence-corrected chi connectivity index (χ4v) is 2.67. The van der Waals surface area contributed by atoms with Gasteiger partial charge in [0.1, 0.15) is 19.0 Å². The van der Waals surface area contributed by atoms with Crippen molar-refractivity contribution in [2.45, 2.75) is 0 Å². The van der Waals surface area contributed by atoms with Crippen LogP contribution in [0.15, 0.2) is 36.4 Å². The zero-order valence-electron chi connectivity index (χ0n) is 13.3. The van der Waals surface area contributed by atoms with Crippen molar-refractivity contribution < 1.29 is 19.0 Å². The number of rotatable bonds is 3. The number of nitrogens with one attached hydrogen (secondary N) is 2. The Labute approximate surface area is 155 Å². The minimum atomic E-state index is -0.365. The lowest BCUT2D eigenvalue weighted by Gasteiger charge is -2.19. The second-order valence-electron chi connectivity index (χ2n) is 5.11. The molecule has 0 saturated carbocycles. The third-order valence-corrected chi connectivity index (χ3v) is 3.88. The second-order valence-corrected chi connectivity index (χ2v) is 5.96. The van der Waals surface area contributed by atoms with E-state index in [9.17, 15) is 4.79 Å². The molecule has 1 aliphatic rings. The van der Waals surface area contributed by atoms with Gasteiger partial charge in [-0.3, -0.25) is 10.1 Å². The third kappa shape index (κ3) is 4.12. The molecule has 2 N–H and O–H groups in total. The van der Waals surface area contributed by atoms with Gasteiger partial charge in [-0.15, -0.1) is 0 Å². The van der Waals surface area contributed by atoms with Gasteiger partial charge in [0.2, 0.25) is 0 Å². The summed E-state index contributed by atoms with van der Waals surface area (Å²) in [6.45, 7) is 0.945. The van der Waals surface area contributed by atoms with Crippen LogP contribution in [-0.2, 0) is 0 Å². The first-order valence-corrected chi connectivity index (χ1v) is 8.21. The Morgan fingerprint density at radius 2 is 1.92 bits per heavy atom. The molecule has 0 atom stereocenters. The van der Waals surface area contributed by atoms with E-state index in [4.69, 9.17) is 38.0 Å². The molecule has 3 rings (SSSR count). The predicted octanol–water partition coefficient (Wildman–Crippen LogP) is 3.25. The highest BCUT2D eigenvalue weighted by molar-refractivity contribution is 7.80. The number of carbonyl (C=O) groups is 1. The molecular formula is C17H15ClN2O4S. The molecule has 0 spiro atoms. The lowest BCUT2D eigenvalue weighted by Crippen LogP contribution is -2.34. The van der Waals surface area contributed by atoms with Crippen LogP contribution in [-0.4, -0.2) is 31.3 Å². The van der Waals surface area contributed by atoms with Gasteiger partial charge in [0.25, 0.3) is 5.91 Å². The lowest BCUT2D eigenvalue weighted by atomic mass is 10.2. The Morgan fingerprint density at radius 3 is 2.68 bits per heavy atom. The molecule has 1 aliphatic heterocycles. The van der Waals surface area contributed by atoms with Crippen LogP contribution in [0.4, 0.5) is 5.69 Å². The van der Waals surface area contributed by atoms with Crippen LogP contribution in [0.2, 0.25) is 5.02 Å². The summed E-state index contributed by atoms with van der Waals surface area (Å²) in [5.74, 6) is 1.34. The number of amides is 1. The fraction of sp³-hybridized carbons (Fsp3) is 0.176. The molecule has 8 heteroatoms. The third-order valence-electron chi connectivity index (χ3n) is 3.44. The molecule has 0 saturated heterocycles. The first kappa shape index (κ1) is 17.3. The summed E-state index contributed by atoms with van der Waals surface area (Å²) in [7, 11) is 1.53. The molecule has 0 fully saturated rings. The summed E-state index contributed by atoms with van der Waals surface area (Å²) in [5, 5.41) is 6.15. The van der Waals surface area contributed by atoms with Crippen LogP contribution < -0.4 is 24.8 Å². The van der Waals surface area contributed by atoms with Crippen molar-refractivity contribution in [3.63, 3.8) is 0 Å². The van der Waals surface area contributed by atoms with Gasteiger partial charge < -0.3 is 19.5 Å². The average Bonchev–Trinajstić information content (AvgIpc) is 2.61. The number of thiocarbonyl (C=S) groups is 1. The van der Waals surface area contributed by atoms with Crippen molar-refractivity contribution >= 4 is 40.5 Å². The van der Waals surface area contributed by atoms with Crippen LogP contribution in [0.25, 0.3) is 0 Å². The van der Waals surface area contributed by atoms with E-state index < -0.39 is 0 Å². The van der Waals surface area contributed by atoms with Gasteiger partial charge in [0.05, 0.1) is 12.8 Å². The topological polar surface area (TPSA) is 68.8 Å². The highest BCUT2D eigenvalue weighted by atomic mass is 35.5. The molecule has 130 valence electrons. The van der Waals surface area contributed by atoms with Crippen molar-refractivity contribution in [3.05, 3.63) is 47.0 Å². The highest BCUT2D eigenvalue weighted by Gasteiger charge is 2.16. The van der Waals surface area contributed by atoms with Crippen LogP contribution in [0.1, 0.15) is 10.4 Å². The maximum Gasteiger partial charge on any atom is 0.257 e. The van der Waals surface area contributed by atoms with Gasteiger partial charge in [-0.2, -0.15) is 0 Å². The zero-order chi connectivity index (χ0) is 17.8. The number of hydrogen-bond acceptors (Lipinski definition) is 5. The SMILES string of the molecule is COc1ccc(Cl)cc1NC(=S)NC(=O)c1ccc2c(c1)OCCO2. The van der Waals surface area contributed by atoms with Crippen molar-refractivity contribution in [1.82, 2.24) is 5.32 Å². The Hall–Kier alpha value is -2.51. The minimum absolute atomic E-state index is 0.125. The van der Waals surface area contributed by atoms with E-state index >= 15 is 0 Å². The minimum Gasteiger partial charge on any atom is -0.495 e. The van der Waals surface area contributed by atoms with Crippen LogP contribution >= 0.6 is 23.8 Å². The summed E-state index contributed by atoms with van der Waals surface area (Å²) in [4.78, 5) is 12.4. The number of hydrogen-bond donors (Lipinski definition) is 2. The van der Waals surface area contributed by atoms with E-state index in [0.29, 0.717) is 46.7 Å². The molecule has 1 heterocycles. The smallest absolute Gasteiger partial charge is 0.257 e. The van der Waals surface area contributed by atoms with Crippen molar-refractivity contribution in [2.24, 2.45) is 0 Å². The number of methoxy groups -OCH3 is 1. The van der Waals surface area contributed by atoms with Gasteiger partial charge >= 0.3 is 0 Å². The van der Waals surface area contributed by atoms with Crippen LogP contribution in [0.5, 0.6) is 17.2 Å². The van der Waals surface area contributed by atoms with Crippen LogP contribution in [0, 0.1) is 0 Å². The monoisotopic (exact) mass is 378 g/mol. The first-order chi connectivity index (χ1) is 12.1. The molecular weight excluding hydrogens is 364 g/mol. The largest absolute Gasteiger partial charge is 0.495 e. The molecule has 0 aliphatic carbocycles. The number of halogens is 1. The zero-order valence-corrected chi connectivity index (χ0v) is 14.9. The number of anilines is 1. The van der Waals surface area contributed by atoms with Crippen molar-refractivity contribution in [3.8, 4) is 17.2 Å². The Balaban J connectivity index is 1.69. The lowest BCUT2D eigenvalue weighted by molar-refractivity contribution is 0.0976. The van der Waals surface area contributed by atoms with Gasteiger partial charge in [-0.25, -0.2) is 0 Å². The van der Waals surface area contributed by atoms with Gasteiger partial charge in [0.15, 0.2) is 16.6 Å². The fourth-order valence-electron chi connectivity index (χ4n) is 2.29. The summed E-state index contributed by atoms with van der Waals surface area (Å²) in [6, 6.07) is 10.0. The average molecular weight is 379 g/mol. The van der Waals surface area contributed by atoms with Crippen LogP contribution in [0.3, 0.4) is 0 Å². The molecule has 0 bridgehead atoms. The first-order valence-electron chi connectivity index (χ1n) is 7.42. The standard InChI is InChI=1S/C17H15ClN2O4S/c1-22-13-5-3-11(18)9-12(13)19-17(25)20-16(21)10-2-4-14-15(8-10)24-7-6-23-14/h2-5,8-9H,6-7H2,1H3,(H2,19,20,21,25). The van der Waals surface area contributed by atoms with E-state index in [0.717, 1.165) is 0 Å². The van der Waals surface area contributed by atoms with Gasteiger partial charge in [-0.1, -0.05) is 11.6 Å².